The molecule has 0 aromatic heterocycles. The molecule has 0 saturated carbocycles. The SMILES string of the molecule is CC(NCC(O)CO)c1ccc(Cl)c(Cl)c1. The molecule has 16 heavy (non-hydrogen) atoms. The first-order valence-corrected chi connectivity index (χ1v) is 5.77. The molecule has 3 N–H and O–H groups in total. The Morgan fingerprint density at radius 3 is 2.56 bits per heavy atom. The number of hydrogen-bond donors (Lipinski definition) is 3. The molecule has 0 fully saturated rings. The Kier molecular flexibility index (Phi) is 5.52. The maximum absolute atomic E-state index is 9.19. The molecule has 0 amide bonds. The van der Waals surface area contributed by atoms with Crippen LogP contribution in [0.4, 0.5) is 0 Å². The standard InChI is InChI=1S/C11H15Cl2NO2/c1-7(14-5-9(16)6-15)8-2-3-10(12)11(13)4-8/h2-4,7,9,14-16H,5-6H2,1H3. The number of halogens is 2. The lowest BCUT2D eigenvalue weighted by atomic mass is 10.1. The predicted molar refractivity (Wildman–Crippen MR) is 66.0 cm³/mol. The molecule has 0 spiro atoms. The second-order valence-corrected chi connectivity index (χ2v) is 4.45. The second-order valence-electron chi connectivity index (χ2n) is 3.64. The van der Waals surface area contributed by atoms with Gasteiger partial charge in [-0.25, -0.2) is 0 Å². The summed E-state index contributed by atoms with van der Waals surface area (Å²) in [6.07, 6.45) is -0.745. The van der Waals surface area contributed by atoms with Crippen LogP contribution in [0.15, 0.2) is 18.2 Å². The topological polar surface area (TPSA) is 52.5 Å². The largest absolute Gasteiger partial charge is 0.394 e. The van der Waals surface area contributed by atoms with Crippen molar-refractivity contribution in [2.24, 2.45) is 0 Å². The van der Waals surface area contributed by atoms with Gasteiger partial charge in [0.05, 0.1) is 22.8 Å². The fourth-order valence-electron chi connectivity index (χ4n) is 1.28. The van der Waals surface area contributed by atoms with E-state index in [9.17, 15) is 5.11 Å². The van der Waals surface area contributed by atoms with E-state index in [4.69, 9.17) is 28.3 Å². The van der Waals surface area contributed by atoms with Crippen LogP contribution in [0.3, 0.4) is 0 Å². The van der Waals surface area contributed by atoms with Gasteiger partial charge in [-0.1, -0.05) is 29.3 Å². The van der Waals surface area contributed by atoms with Crippen LogP contribution in [0.1, 0.15) is 18.5 Å². The number of aliphatic hydroxyl groups is 2. The lowest BCUT2D eigenvalue weighted by Crippen LogP contribution is -2.31. The van der Waals surface area contributed by atoms with Crippen molar-refractivity contribution < 1.29 is 10.2 Å². The minimum atomic E-state index is -0.745. The lowest BCUT2D eigenvalue weighted by Gasteiger charge is -2.16. The molecule has 5 heteroatoms. The molecule has 3 nitrogen and oxygen atoms in total. The zero-order valence-electron chi connectivity index (χ0n) is 8.95. The van der Waals surface area contributed by atoms with Gasteiger partial charge in [0, 0.05) is 12.6 Å². The van der Waals surface area contributed by atoms with Crippen molar-refractivity contribution in [1.82, 2.24) is 5.32 Å². The number of rotatable bonds is 5. The Morgan fingerprint density at radius 2 is 2.00 bits per heavy atom. The van der Waals surface area contributed by atoms with Gasteiger partial charge in [0.2, 0.25) is 0 Å². The first-order valence-electron chi connectivity index (χ1n) is 5.02. The molecule has 0 saturated heterocycles. The summed E-state index contributed by atoms with van der Waals surface area (Å²) in [5.41, 5.74) is 0.986. The van der Waals surface area contributed by atoms with E-state index < -0.39 is 6.10 Å². The summed E-state index contributed by atoms with van der Waals surface area (Å²) < 4.78 is 0. The zero-order chi connectivity index (χ0) is 12.1. The third kappa shape index (κ3) is 3.92. The summed E-state index contributed by atoms with van der Waals surface area (Å²) in [6.45, 7) is 2.03. The van der Waals surface area contributed by atoms with Gasteiger partial charge in [0.15, 0.2) is 0 Å². The molecule has 0 aliphatic rings. The molecule has 1 rings (SSSR count). The van der Waals surface area contributed by atoms with E-state index in [-0.39, 0.29) is 12.6 Å². The molecular weight excluding hydrogens is 249 g/mol. The van der Waals surface area contributed by atoms with E-state index in [1.165, 1.54) is 0 Å². The minimum Gasteiger partial charge on any atom is -0.394 e. The van der Waals surface area contributed by atoms with Crippen LogP contribution < -0.4 is 5.32 Å². The summed E-state index contributed by atoms with van der Waals surface area (Å²) in [5.74, 6) is 0. The van der Waals surface area contributed by atoms with Crippen molar-refractivity contribution in [1.29, 1.82) is 0 Å². The van der Waals surface area contributed by atoms with Crippen LogP contribution in [-0.4, -0.2) is 29.5 Å². The van der Waals surface area contributed by atoms with Gasteiger partial charge >= 0.3 is 0 Å². The minimum absolute atomic E-state index is 0.0379. The summed E-state index contributed by atoms with van der Waals surface area (Å²) in [4.78, 5) is 0. The van der Waals surface area contributed by atoms with Crippen molar-refractivity contribution in [3.8, 4) is 0 Å². The smallest absolute Gasteiger partial charge is 0.0895 e. The van der Waals surface area contributed by atoms with Gasteiger partial charge in [-0.15, -0.1) is 0 Å². The van der Waals surface area contributed by atoms with Crippen molar-refractivity contribution in [3.05, 3.63) is 33.8 Å². The van der Waals surface area contributed by atoms with E-state index in [1.54, 1.807) is 12.1 Å². The molecule has 0 bridgehead atoms. The highest BCUT2D eigenvalue weighted by Crippen LogP contribution is 2.25. The predicted octanol–water partition coefficient (Wildman–Crippen LogP) is 2.00. The number of aliphatic hydroxyl groups excluding tert-OH is 2. The highest BCUT2D eigenvalue weighted by molar-refractivity contribution is 6.42. The molecule has 2 unspecified atom stereocenters. The number of benzene rings is 1. The molecule has 1 aromatic rings. The van der Waals surface area contributed by atoms with Gasteiger partial charge in [0.25, 0.3) is 0 Å². The summed E-state index contributed by atoms with van der Waals surface area (Å²) in [5, 5.41) is 22.0. The Morgan fingerprint density at radius 1 is 1.31 bits per heavy atom. The number of nitrogens with one attached hydrogen (secondary N) is 1. The quantitative estimate of drug-likeness (QED) is 0.762. The monoisotopic (exact) mass is 263 g/mol. The molecular formula is C11H15Cl2NO2. The van der Waals surface area contributed by atoms with Crippen LogP contribution in [-0.2, 0) is 0 Å². The third-order valence-corrected chi connectivity index (χ3v) is 3.05. The van der Waals surface area contributed by atoms with Gasteiger partial charge in [0.1, 0.15) is 0 Å². The fourth-order valence-corrected chi connectivity index (χ4v) is 1.58. The summed E-state index contributed by atoms with van der Waals surface area (Å²) in [6, 6.07) is 5.43. The molecule has 0 aliphatic carbocycles. The maximum atomic E-state index is 9.19. The summed E-state index contributed by atoms with van der Waals surface area (Å²) >= 11 is 11.7. The Labute approximate surface area is 105 Å². The van der Waals surface area contributed by atoms with E-state index >= 15 is 0 Å². The van der Waals surface area contributed by atoms with E-state index in [2.05, 4.69) is 5.32 Å². The Hall–Kier alpha value is -0.320. The van der Waals surface area contributed by atoms with E-state index in [0.717, 1.165) is 5.56 Å². The molecule has 0 radical (unpaired) electrons. The first kappa shape index (κ1) is 13.7. The molecule has 0 aliphatic heterocycles. The fraction of sp³-hybridized carbons (Fsp3) is 0.455. The van der Waals surface area contributed by atoms with Crippen molar-refractivity contribution >= 4 is 23.2 Å². The van der Waals surface area contributed by atoms with Crippen LogP contribution in [0.2, 0.25) is 10.0 Å². The van der Waals surface area contributed by atoms with Crippen LogP contribution in [0.5, 0.6) is 0 Å². The Bertz CT molecular complexity index is 347. The molecule has 90 valence electrons. The molecule has 2 atom stereocenters. The van der Waals surface area contributed by atoms with Crippen LogP contribution >= 0.6 is 23.2 Å². The highest BCUT2D eigenvalue weighted by atomic mass is 35.5. The van der Waals surface area contributed by atoms with Crippen molar-refractivity contribution in [3.63, 3.8) is 0 Å². The van der Waals surface area contributed by atoms with Gasteiger partial charge in [-0.3, -0.25) is 0 Å². The lowest BCUT2D eigenvalue weighted by molar-refractivity contribution is 0.0924. The van der Waals surface area contributed by atoms with Crippen LogP contribution in [0, 0.1) is 0 Å². The molecule has 0 heterocycles. The van der Waals surface area contributed by atoms with E-state index in [0.29, 0.717) is 16.6 Å². The number of hydrogen-bond acceptors (Lipinski definition) is 3. The highest BCUT2D eigenvalue weighted by Gasteiger charge is 2.09. The summed E-state index contributed by atoms with van der Waals surface area (Å²) in [7, 11) is 0. The maximum Gasteiger partial charge on any atom is 0.0895 e. The Balaban J connectivity index is 2.59. The van der Waals surface area contributed by atoms with Gasteiger partial charge < -0.3 is 15.5 Å². The average molecular weight is 264 g/mol. The first-order chi connectivity index (χ1) is 7.54. The van der Waals surface area contributed by atoms with Gasteiger partial charge in [-0.05, 0) is 24.6 Å². The van der Waals surface area contributed by atoms with Crippen LogP contribution in [0.25, 0.3) is 0 Å². The zero-order valence-corrected chi connectivity index (χ0v) is 10.5. The van der Waals surface area contributed by atoms with Crippen molar-refractivity contribution in [2.75, 3.05) is 13.2 Å². The van der Waals surface area contributed by atoms with Crippen molar-refractivity contribution in [2.45, 2.75) is 19.1 Å². The van der Waals surface area contributed by atoms with E-state index in [1.807, 2.05) is 13.0 Å². The third-order valence-electron chi connectivity index (χ3n) is 2.31. The second kappa shape index (κ2) is 6.42. The average Bonchev–Trinajstić information content (AvgIpc) is 2.29. The van der Waals surface area contributed by atoms with Gasteiger partial charge in [-0.2, -0.15) is 0 Å². The molecule has 1 aromatic carbocycles. The normalized spacial score (nSPS) is 14.8.